The molecule has 0 aliphatic rings. The van der Waals surface area contributed by atoms with Gasteiger partial charge in [0.2, 0.25) is 0 Å². The third-order valence-electron chi connectivity index (χ3n) is 2.84. The van der Waals surface area contributed by atoms with E-state index in [1.165, 1.54) is 11.4 Å². The van der Waals surface area contributed by atoms with Gasteiger partial charge in [0, 0.05) is 11.4 Å². The van der Waals surface area contributed by atoms with Crippen LogP contribution in [0.25, 0.3) is 0 Å². The van der Waals surface area contributed by atoms with Crippen LogP contribution in [0.2, 0.25) is 0 Å². The van der Waals surface area contributed by atoms with Crippen molar-refractivity contribution in [2.75, 3.05) is 6.54 Å². The van der Waals surface area contributed by atoms with Gasteiger partial charge in [-0.15, -0.1) is 0 Å². The highest BCUT2D eigenvalue weighted by molar-refractivity contribution is 8.56. The zero-order chi connectivity index (χ0) is 15.1. The van der Waals surface area contributed by atoms with E-state index in [4.69, 9.17) is 4.52 Å². The van der Waals surface area contributed by atoms with E-state index < -0.39 is 6.72 Å². The summed E-state index contributed by atoms with van der Waals surface area (Å²) < 4.78 is 18.9. The summed E-state index contributed by atoms with van der Waals surface area (Å²) in [6.07, 6.45) is 0.899. The van der Waals surface area contributed by atoms with Crippen LogP contribution in [0.5, 0.6) is 5.75 Å². The minimum Gasteiger partial charge on any atom is -0.425 e. The molecular weight excluding hydrogens is 301 g/mol. The Morgan fingerprint density at radius 3 is 2.43 bits per heavy atom. The summed E-state index contributed by atoms with van der Waals surface area (Å²) >= 11 is 1.26. The molecular formula is C16H20NO2PS. The molecule has 0 saturated carbocycles. The predicted molar refractivity (Wildman–Crippen MR) is 90.0 cm³/mol. The lowest BCUT2D eigenvalue weighted by Gasteiger charge is -2.20. The summed E-state index contributed by atoms with van der Waals surface area (Å²) in [5, 5.41) is 3.07. The third kappa shape index (κ3) is 4.92. The SMILES string of the molecule is CCCNP(=O)(Oc1ccccc1C)Sc1ccccc1. The highest BCUT2D eigenvalue weighted by atomic mass is 32.7. The molecule has 0 radical (unpaired) electrons. The van der Waals surface area contributed by atoms with Crippen LogP contribution < -0.4 is 9.61 Å². The number of hydrogen-bond acceptors (Lipinski definition) is 3. The van der Waals surface area contributed by atoms with Gasteiger partial charge < -0.3 is 4.52 Å². The molecule has 0 aliphatic carbocycles. The van der Waals surface area contributed by atoms with Crippen LogP contribution in [0, 0.1) is 6.92 Å². The molecule has 1 unspecified atom stereocenters. The van der Waals surface area contributed by atoms with Gasteiger partial charge in [0.25, 0.3) is 0 Å². The fourth-order valence-electron chi connectivity index (χ4n) is 1.74. The molecule has 0 aliphatic heterocycles. The van der Waals surface area contributed by atoms with Gasteiger partial charge in [0.15, 0.2) is 0 Å². The van der Waals surface area contributed by atoms with Crippen LogP contribution in [0.4, 0.5) is 0 Å². The zero-order valence-corrected chi connectivity index (χ0v) is 14.0. The maximum absolute atomic E-state index is 13.1. The van der Waals surface area contributed by atoms with Crippen LogP contribution in [0.1, 0.15) is 18.9 Å². The molecule has 2 aromatic rings. The van der Waals surface area contributed by atoms with Crippen molar-refractivity contribution in [1.82, 2.24) is 5.09 Å². The summed E-state index contributed by atoms with van der Waals surface area (Å²) in [5.41, 5.74) is 0.977. The Morgan fingerprint density at radius 2 is 1.76 bits per heavy atom. The van der Waals surface area contributed by atoms with E-state index in [0.717, 1.165) is 16.9 Å². The Labute approximate surface area is 130 Å². The number of nitrogens with one attached hydrogen (secondary N) is 1. The molecule has 5 heteroatoms. The highest BCUT2D eigenvalue weighted by Crippen LogP contribution is 2.59. The normalized spacial score (nSPS) is 13.6. The maximum atomic E-state index is 13.1. The van der Waals surface area contributed by atoms with Gasteiger partial charge in [-0.1, -0.05) is 43.3 Å². The predicted octanol–water partition coefficient (Wildman–Crippen LogP) is 5.27. The minimum atomic E-state index is -3.04. The molecule has 0 bridgehead atoms. The van der Waals surface area contributed by atoms with Gasteiger partial charge in [-0.25, -0.2) is 9.65 Å². The van der Waals surface area contributed by atoms with Crippen molar-refractivity contribution in [3.63, 3.8) is 0 Å². The smallest absolute Gasteiger partial charge is 0.379 e. The first kappa shape index (κ1) is 16.2. The third-order valence-corrected chi connectivity index (χ3v) is 6.57. The summed E-state index contributed by atoms with van der Waals surface area (Å²) in [6, 6.07) is 17.3. The van der Waals surface area contributed by atoms with Crippen LogP contribution in [0.3, 0.4) is 0 Å². The summed E-state index contributed by atoms with van der Waals surface area (Å²) in [7, 11) is 0. The van der Waals surface area contributed by atoms with Crippen molar-refractivity contribution in [2.24, 2.45) is 0 Å². The van der Waals surface area contributed by atoms with Crippen LogP contribution >= 0.6 is 18.1 Å². The molecule has 2 rings (SSSR count). The summed E-state index contributed by atoms with van der Waals surface area (Å²) in [5.74, 6) is 0.660. The first-order valence-corrected chi connectivity index (χ1v) is 10.0. The van der Waals surface area contributed by atoms with E-state index in [0.29, 0.717) is 12.3 Å². The molecule has 0 fully saturated rings. The Kier molecular flexibility index (Phi) is 5.92. The van der Waals surface area contributed by atoms with Crippen LogP contribution in [-0.2, 0) is 4.57 Å². The van der Waals surface area contributed by atoms with Gasteiger partial charge in [-0.05, 0) is 48.5 Å². The fourth-order valence-corrected chi connectivity index (χ4v) is 5.44. The topological polar surface area (TPSA) is 38.3 Å². The van der Waals surface area contributed by atoms with Gasteiger partial charge in [-0.2, -0.15) is 0 Å². The monoisotopic (exact) mass is 321 g/mol. The van der Waals surface area contributed by atoms with Crippen LogP contribution in [0.15, 0.2) is 59.5 Å². The standard InChI is InChI=1S/C16H20NO2PS/c1-3-13-17-20(18,21-15-10-5-4-6-11-15)19-16-12-8-7-9-14(16)2/h4-12H,3,13H2,1-2H3,(H,17,18). The number of rotatable bonds is 7. The lowest BCUT2D eigenvalue weighted by atomic mass is 10.2. The molecule has 112 valence electrons. The van der Waals surface area contributed by atoms with E-state index in [1.54, 1.807) is 0 Å². The molecule has 1 N–H and O–H groups in total. The first-order valence-electron chi connectivity index (χ1n) is 6.98. The molecule has 0 aromatic heterocycles. The number of benzene rings is 2. The van der Waals surface area contributed by atoms with Gasteiger partial charge >= 0.3 is 6.72 Å². The molecule has 0 amide bonds. The van der Waals surface area contributed by atoms with E-state index in [1.807, 2.05) is 68.4 Å². The van der Waals surface area contributed by atoms with E-state index in [2.05, 4.69) is 5.09 Å². The lowest BCUT2D eigenvalue weighted by Crippen LogP contribution is -2.13. The number of hydrogen-bond donors (Lipinski definition) is 1. The van der Waals surface area contributed by atoms with Crippen molar-refractivity contribution in [3.8, 4) is 5.75 Å². The highest BCUT2D eigenvalue weighted by Gasteiger charge is 2.26. The largest absolute Gasteiger partial charge is 0.425 e. The molecule has 3 nitrogen and oxygen atoms in total. The molecule has 1 atom stereocenters. The van der Waals surface area contributed by atoms with E-state index in [-0.39, 0.29) is 0 Å². The average molecular weight is 321 g/mol. The second-order valence-electron chi connectivity index (χ2n) is 4.67. The second-order valence-corrected chi connectivity index (χ2v) is 8.80. The first-order chi connectivity index (χ1) is 10.1. The maximum Gasteiger partial charge on any atom is 0.379 e. The van der Waals surface area contributed by atoms with Gasteiger partial charge in [-0.3, -0.25) is 0 Å². The average Bonchev–Trinajstić information content (AvgIpc) is 2.49. The quantitative estimate of drug-likeness (QED) is 0.705. The molecule has 21 heavy (non-hydrogen) atoms. The van der Waals surface area contributed by atoms with Crippen LogP contribution in [-0.4, -0.2) is 6.54 Å². The number of aryl methyl sites for hydroxylation is 1. The van der Waals surface area contributed by atoms with E-state index in [9.17, 15) is 4.57 Å². The Balaban J connectivity index is 2.20. The molecule has 0 heterocycles. The Morgan fingerprint density at radius 1 is 1.10 bits per heavy atom. The lowest BCUT2D eigenvalue weighted by molar-refractivity contribution is 0.484. The summed E-state index contributed by atoms with van der Waals surface area (Å²) in [6.45, 7) is 1.61. The number of para-hydroxylation sites is 1. The molecule has 0 spiro atoms. The molecule has 2 aromatic carbocycles. The van der Waals surface area contributed by atoms with Crippen molar-refractivity contribution in [2.45, 2.75) is 25.2 Å². The van der Waals surface area contributed by atoms with Crippen molar-refractivity contribution in [1.29, 1.82) is 0 Å². The molecule has 0 saturated heterocycles. The second kappa shape index (κ2) is 7.69. The fraction of sp³-hybridized carbons (Fsp3) is 0.250. The van der Waals surface area contributed by atoms with Gasteiger partial charge in [0.1, 0.15) is 5.75 Å². The van der Waals surface area contributed by atoms with Crippen molar-refractivity contribution in [3.05, 3.63) is 60.2 Å². The Bertz CT molecular complexity index is 619. The zero-order valence-electron chi connectivity index (χ0n) is 12.3. The van der Waals surface area contributed by atoms with Gasteiger partial charge in [0.05, 0.1) is 0 Å². The van der Waals surface area contributed by atoms with Crippen molar-refractivity contribution >= 4 is 18.1 Å². The minimum absolute atomic E-state index is 0.656. The summed E-state index contributed by atoms with van der Waals surface area (Å²) in [4.78, 5) is 0.929. The Hall–Kier alpha value is -1.22. The van der Waals surface area contributed by atoms with E-state index >= 15 is 0 Å². The van der Waals surface area contributed by atoms with Crippen molar-refractivity contribution < 1.29 is 9.09 Å².